The second kappa shape index (κ2) is 8.12. The lowest BCUT2D eigenvalue weighted by Crippen LogP contribution is -2.61. The van der Waals surface area contributed by atoms with Gasteiger partial charge < -0.3 is 9.80 Å². The molecule has 0 N–H and O–H groups in total. The number of carbonyl (C=O) groups excluding carboxylic acids is 1. The maximum Gasteiger partial charge on any atom is 0.320 e. The van der Waals surface area contributed by atoms with Crippen LogP contribution in [-0.2, 0) is 0 Å². The van der Waals surface area contributed by atoms with Crippen LogP contribution in [0.2, 0.25) is 0 Å². The number of amides is 2. The number of halogens is 2. The normalized spacial score (nSPS) is 20.1. The van der Waals surface area contributed by atoms with Crippen molar-refractivity contribution in [3.05, 3.63) is 11.6 Å². The predicted molar refractivity (Wildman–Crippen MR) is 74.6 cm³/mol. The summed E-state index contributed by atoms with van der Waals surface area (Å²) in [5.74, 6) is -2.67. The van der Waals surface area contributed by atoms with Crippen molar-refractivity contribution in [1.82, 2.24) is 9.80 Å². The molecule has 0 aromatic heterocycles. The van der Waals surface area contributed by atoms with E-state index < -0.39 is 19.0 Å². The van der Waals surface area contributed by atoms with Gasteiger partial charge in [-0.05, 0) is 13.3 Å². The minimum absolute atomic E-state index is 0.260. The van der Waals surface area contributed by atoms with Gasteiger partial charge in [-0.2, -0.15) is 0 Å². The fraction of sp³-hybridized carbons (Fsp3) is 0.786. The molecule has 0 aliphatic carbocycles. The van der Waals surface area contributed by atoms with Crippen molar-refractivity contribution in [2.45, 2.75) is 47.0 Å². The van der Waals surface area contributed by atoms with Gasteiger partial charge in [-0.1, -0.05) is 39.3 Å². The Bertz CT molecular complexity index is 309. The highest BCUT2D eigenvalue weighted by molar-refractivity contribution is 5.76. The average Bonchev–Trinajstić information content (AvgIpc) is 2.40. The van der Waals surface area contributed by atoms with E-state index in [1.54, 1.807) is 4.90 Å². The lowest BCUT2D eigenvalue weighted by Gasteiger charge is -2.41. The van der Waals surface area contributed by atoms with Gasteiger partial charge in [0.1, 0.15) is 0 Å². The molecular weight excluding hydrogens is 250 g/mol. The van der Waals surface area contributed by atoms with Gasteiger partial charge in [0, 0.05) is 13.1 Å². The van der Waals surface area contributed by atoms with Gasteiger partial charge in [0.05, 0.1) is 13.1 Å². The van der Waals surface area contributed by atoms with E-state index in [0.29, 0.717) is 13.1 Å². The Morgan fingerprint density at radius 1 is 1.16 bits per heavy atom. The standard InChI is InChI=1S/C10H14F2N2O.2C2H6/c1-8-2-4-13(5-3-8)9(15)14-6-10(11,12)7-14;2*1-2/h2H,3-7H2,1H3;2*1-2H3. The summed E-state index contributed by atoms with van der Waals surface area (Å²) >= 11 is 0. The highest BCUT2D eigenvalue weighted by atomic mass is 19.3. The van der Waals surface area contributed by atoms with Crippen LogP contribution in [0.4, 0.5) is 13.6 Å². The first-order chi connectivity index (χ1) is 8.98. The second-order valence-corrected chi connectivity index (χ2v) is 4.24. The Morgan fingerprint density at radius 2 is 1.68 bits per heavy atom. The van der Waals surface area contributed by atoms with E-state index in [9.17, 15) is 13.6 Å². The molecule has 0 atom stereocenters. The van der Waals surface area contributed by atoms with Crippen molar-refractivity contribution in [3.63, 3.8) is 0 Å². The van der Waals surface area contributed by atoms with Gasteiger partial charge in [-0.25, -0.2) is 13.6 Å². The highest BCUT2D eigenvalue weighted by Gasteiger charge is 2.47. The number of hydrogen-bond acceptors (Lipinski definition) is 1. The van der Waals surface area contributed by atoms with E-state index in [1.807, 2.05) is 40.7 Å². The smallest absolute Gasteiger partial charge is 0.320 e. The first kappa shape index (κ1) is 17.9. The molecule has 0 aromatic rings. The fourth-order valence-corrected chi connectivity index (χ4v) is 1.79. The molecule has 1 fully saturated rings. The van der Waals surface area contributed by atoms with Crippen molar-refractivity contribution in [2.24, 2.45) is 0 Å². The number of nitrogens with zero attached hydrogens (tertiary/aromatic N) is 2. The van der Waals surface area contributed by atoms with Crippen molar-refractivity contribution >= 4 is 6.03 Å². The Balaban J connectivity index is 0.000000741. The average molecular weight is 276 g/mol. The van der Waals surface area contributed by atoms with Crippen LogP contribution in [0.5, 0.6) is 0 Å². The molecule has 19 heavy (non-hydrogen) atoms. The number of carbonyl (C=O) groups is 1. The van der Waals surface area contributed by atoms with Gasteiger partial charge in [0.25, 0.3) is 5.92 Å². The van der Waals surface area contributed by atoms with Crippen LogP contribution in [0.25, 0.3) is 0 Å². The largest absolute Gasteiger partial charge is 0.321 e. The molecule has 0 unspecified atom stereocenters. The van der Waals surface area contributed by atoms with Crippen molar-refractivity contribution in [3.8, 4) is 0 Å². The molecule has 0 radical (unpaired) electrons. The molecule has 2 aliphatic heterocycles. The molecule has 3 nitrogen and oxygen atoms in total. The monoisotopic (exact) mass is 276 g/mol. The Kier molecular flexibility index (Phi) is 7.64. The molecule has 5 heteroatoms. The minimum Gasteiger partial charge on any atom is -0.321 e. The van der Waals surface area contributed by atoms with Crippen LogP contribution >= 0.6 is 0 Å². The number of hydrogen-bond donors (Lipinski definition) is 0. The summed E-state index contributed by atoms with van der Waals surface area (Å²) in [6.45, 7) is 10.4. The molecule has 2 rings (SSSR count). The third-order valence-corrected chi connectivity index (χ3v) is 2.82. The number of likely N-dealkylation sites (tertiary alicyclic amines) is 1. The van der Waals surface area contributed by atoms with E-state index in [0.717, 1.165) is 6.42 Å². The van der Waals surface area contributed by atoms with Crippen molar-refractivity contribution in [1.29, 1.82) is 0 Å². The Morgan fingerprint density at radius 3 is 2.05 bits per heavy atom. The number of alkyl halides is 2. The van der Waals surface area contributed by atoms with Gasteiger partial charge in [-0.15, -0.1) is 0 Å². The molecule has 1 saturated heterocycles. The molecule has 0 spiro atoms. The maximum atomic E-state index is 12.6. The van der Waals surface area contributed by atoms with Crippen LogP contribution in [0.1, 0.15) is 41.0 Å². The predicted octanol–water partition coefficient (Wildman–Crippen LogP) is 3.76. The molecular formula is C14H26F2N2O. The summed E-state index contributed by atoms with van der Waals surface area (Å²) in [4.78, 5) is 14.5. The van der Waals surface area contributed by atoms with E-state index in [4.69, 9.17) is 0 Å². The Labute approximate surface area is 115 Å². The van der Waals surface area contributed by atoms with E-state index >= 15 is 0 Å². The Hall–Kier alpha value is -1.13. The molecule has 0 bridgehead atoms. The maximum absolute atomic E-state index is 12.6. The van der Waals surface area contributed by atoms with Crippen molar-refractivity contribution < 1.29 is 13.6 Å². The van der Waals surface area contributed by atoms with Crippen LogP contribution in [0.15, 0.2) is 11.6 Å². The summed E-state index contributed by atoms with van der Waals surface area (Å²) in [5, 5.41) is 0. The summed E-state index contributed by atoms with van der Waals surface area (Å²) in [7, 11) is 0. The van der Waals surface area contributed by atoms with Gasteiger partial charge in [-0.3, -0.25) is 0 Å². The summed E-state index contributed by atoms with van der Waals surface area (Å²) in [5.41, 5.74) is 1.26. The van der Waals surface area contributed by atoms with Gasteiger partial charge in [0.15, 0.2) is 0 Å². The van der Waals surface area contributed by atoms with Crippen molar-refractivity contribution in [2.75, 3.05) is 26.2 Å². The topological polar surface area (TPSA) is 23.6 Å². The zero-order chi connectivity index (χ0) is 15.1. The molecule has 0 aromatic carbocycles. The van der Waals surface area contributed by atoms with Crippen LogP contribution in [0.3, 0.4) is 0 Å². The minimum atomic E-state index is -2.67. The van der Waals surface area contributed by atoms with Gasteiger partial charge >= 0.3 is 6.03 Å². The summed E-state index contributed by atoms with van der Waals surface area (Å²) in [6.07, 6.45) is 2.81. The molecule has 2 heterocycles. The molecule has 112 valence electrons. The highest BCUT2D eigenvalue weighted by Crippen LogP contribution is 2.28. The van der Waals surface area contributed by atoms with Crippen LogP contribution < -0.4 is 0 Å². The molecule has 2 aliphatic rings. The number of urea groups is 1. The SMILES string of the molecule is CC.CC.CC1=CCN(C(=O)N2CC(F)(F)C2)CC1. The fourth-order valence-electron chi connectivity index (χ4n) is 1.79. The third-order valence-electron chi connectivity index (χ3n) is 2.82. The van der Waals surface area contributed by atoms with E-state index in [1.165, 1.54) is 10.5 Å². The van der Waals surface area contributed by atoms with Gasteiger partial charge in [0.2, 0.25) is 0 Å². The van der Waals surface area contributed by atoms with Crippen LogP contribution in [0, 0.1) is 0 Å². The molecule has 0 saturated carbocycles. The van der Waals surface area contributed by atoms with E-state index in [2.05, 4.69) is 0 Å². The first-order valence-electron chi connectivity index (χ1n) is 7.05. The van der Waals surface area contributed by atoms with E-state index in [-0.39, 0.29) is 6.03 Å². The lowest BCUT2D eigenvalue weighted by molar-refractivity contribution is -0.113. The summed E-state index contributed by atoms with van der Waals surface area (Å²) < 4.78 is 25.1. The number of rotatable bonds is 0. The molecule has 2 amide bonds. The summed E-state index contributed by atoms with van der Waals surface area (Å²) in [6, 6.07) is -0.260. The zero-order valence-electron chi connectivity index (χ0n) is 12.7. The second-order valence-electron chi connectivity index (χ2n) is 4.24. The van der Waals surface area contributed by atoms with Crippen LogP contribution in [-0.4, -0.2) is 47.9 Å². The first-order valence-corrected chi connectivity index (χ1v) is 7.05. The third kappa shape index (κ3) is 5.17. The zero-order valence-corrected chi connectivity index (χ0v) is 12.7. The quantitative estimate of drug-likeness (QED) is 0.618. The lowest BCUT2D eigenvalue weighted by atomic mass is 10.1.